The van der Waals surface area contributed by atoms with Crippen molar-refractivity contribution in [3.8, 4) is 0 Å². The van der Waals surface area contributed by atoms with E-state index in [1.165, 1.54) is 0 Å². The second-order valence-electron chi connectivity index (χ2n) is 9.59. The maximum atomic E-state index is 12.2. The lowest BCUT2D eigenvalue weighted by molar-refractivity contribution is -0.121. The first-order valence-corrected chi connectivity index (χ1v) is 19.1. The Bertz CT molecular complexity index is 852. The monoisotopic (exact) mass is 684 g/mol. The zero-order chi connectivity index (χ0) is 32.6. The van der Waals surface area contributed by atoms with Crippen LogP contribution in [0.3, 0.4) is 0 Å². The first-order chi connectivity index (χ1) is 20.3. The molecule has 16 nitrogen and oxygen atoms in total. The molecule has 2 amide bonds. The lowest BCUT2D eigenvalue weighted by atomic mass is 10.2. The number of amides is 2. The summed E-state index contributed by atoms with van der Waals surface area (Å²) in [5, 5.41) is 5.09. The molecule has 0 rings (SSSR count). The van der Waals surface area contributed by atoms with Gasteiger partial charge >= 0.3 is 23.5 Å². The third-order valence-electron chi connectivity index (χ3n) is 5.68. The van der Waals surface area contributed by atoms with Crippen LogP contribution in [0, 0.1) is 0 Å². The number of phosphoric acid groups is 3. The van der Waals surface area contributed by atoms with E-state index in [-0.39, 0.29) is 52.4 Å². The number of unbranched alkanes of at least 4 members (excludes halogenated alkanes) is 6. The van der Waals surface area contributed by atoms with E-state index in [9.17, 15) is 38.0 Å². The Morgan fingerprint density at radius 3 is 1.28 bits per heavy atom. The van der Waals surface area contributed by atoms with Crippen LogP contribution in [-0.4, -0.2) is 79.2 Å². The lowest BCUT2D eigenvalue weighted by Gasteiger charge is -2.21. The minimum absolute atomic E-state index is 0.0449. The van der Waals surface area contributed by atoms with E-state index in [0.717, 1.165) is 32.8 Å². The molecule has 0 bridgehead atoms. The molecule has 256 valence electrons. The number of hydrogen-bond donors (Lipinski definition) is 5. The topological polar surface area (TPSA) is 225 Å². The van der Waals surface area contributed by atoms with Gasteiger partial charge in [0.15, 0.2) is 0 Å². The van der Waals surface area contributed by atoms with Crippen molar-refractivity contribution >= 4 is 35.3 Å². The zero-order valence-corrected chi connectivity index (χ0v) is 28.2. The summed E-state index contributed by atoms with van der Waals surface area (Å²) >= 11 is 0. The maximum Gasteiger partial charge on any atom is 0.472 e. The molecule has 5 N–H and O–H groups in total. The summed E-state index contributed by atoms with van der Waals surface area (Å²) in [5.74, 6) is -0.827. The van der Waals surface area contributed by atoms with E-state index in [0.29, 0.717) is 38.5 Å². The van der Waals surface area contributed by atoms with E-state index in [4.69, 9.17) is 22.6 Å². The molecule has 0 spiro atoms. The highest BCUT2D eigenvalue weighted by Crippen LogP contribution is 2.44. The van der Waals surface area contributed by atoms with E-state index < -0.39 is 41.4 Å². The van der Waals surface area contributed by atoms with Gasteiger partial charge in [0, 0.05) is 33.0 Å². The molecule has 0 saturated carbocycles. The molecular formula is C24H51N2O14P3. The van der Waals surface area contributed by atoms with Crippen molar-refractivity contribution in [3.05, 3.63) is 0 Å². The lowest BCUT2D eigenvalue weighted by Crippen LogP contribution is -2.41. The van der Waals surface area contributed by atoms with Crippen LogP contribution in [0.4, 0.5) is 0 Å². The molecule has 0 aromatic carbocycles. The molecule has 0 radical (unpaired) electrons. The molecule has 0 heterocycles. The summed E-state index contributed by atoms with van der Waals surface area (Å²) < 4.78 is 64.3. The minimum atomic E-state index is -4.43. The SMILES string of the molecule is CCCCCOP(=O)(O)OCCCCC(=O)NCC(CNC(=O)CCCCOP(=O)(O)OCCCCC)OP(=O)(O)OC. The van der Waals surface area contributed by atoms with Gasteiger partial charge in [-0.15, -0.1) is 0 Å². The highest BCUT2D eigenvalue weighted by Gasteiger charge is 2.26. The van der Waals surface area contributed by atoms with Crippen LogP contribution >= 0.6 is 23.5 Å². The molecule has 0 saturated heterocycles. The van der Waals surface area contributed by atoms with Crippen molar-refractivity contribution in [2.75, 3.05) is 46.6 Å². The highest BCUT2D eigenvalue weighted by atomic mass is 31.2. The molecule has 3 atom stereocenters. The normalized spacial score (nSPS) is 16.5. The maximum absolute atomic E-state index is 12.2. The standard InChI is InChI=1S/C24H51N2O14P3/c1-4-6-10-16-36-42(31,32)38-18-12-8-14-23(27)25-20-22(40-41(29,30)35-3)21-26-24(28)15-9-13-19-39-43(33,34)37-17-11-7-5-2/h22H,4-21H2,1-3H3,(H,25,27)(H,26,28)(H,29,30)(H,31,32)(H,33,34). The average molecular weight is 685 g/mol. The van der Waals surface area contributed by atoms with E-state index in [1.54, 1.807) is 0 Å². The molecule has 0 aliphatic carbocycles. The number of phosphoric ester groups is 3. The van der Waals surface area contributed by atoms with Gasteiger partial charge in [0.25, 0.3) is 0 Å². The fourth-order valence-electron chi connectivity index (χ4n) is 3.28. The molecule has 0 fully saturated rings. The van der Waals surface area contributed by atoms with Crippen LogP contribution in [0.25, 0.3) is 0 Å². The molecule has 0 aromatic heterocycles. The summed E-state index contributed by atoms with van der Waals surface area (Å²) in [6, 6.07) is 0. The second kappa shape index (κ2) is 24.5. The Morgan fingerprint density at radius 2 is 0.953 bits per heavy atom. The fraction of sp³-hybridized carbons (Fsp3) is 0.917. The van der Waals surface area contributed by atoms with Gasteiger partial charge in [-0.1, -0.05) is 39.5 Å². The van der Waals surface area contributed by atoms with Crippen molar-refractivity contribution in [2.45, 2.75) is 97.0 Å². The Morgan fingerprint density at radius 1 is 0.605 bits per heavy atom. The molecule has 3 unspecified atom stereocenters. The first kappa shape index (κ1) is 42.3. The van der Waals surface area contributed by atoms with Crippen LogP contribution in [-0.2, 0) is 50.4 Å². The van der Waals surface area contributed by atoms with E-state index >= 15 is 0 Å². The zero-order valence-electron chi connectivity index (χ0n) is 25.5. The molecule has 43 heavy (non-hydrogen) atoms. The van der Waals surface area contributed by atoms with Crippen molar-refractivity contribution in [3.63, 3.8) is 0 Å². The van der Waals surface area contributed by atoms with Crippen LogP contribution in [0.15, 0.2) is 0 Å². The van der Waals surface area contributed by atoms with Crippen molar-refractivity contribution < 1.29 is 65.1 Å². The first-order valence-electron chi connectivity index (χ1n) is 14.6. The van der Waals surface area contributed by atoms with Crippen LogP contribution in [0.5, 0.6) is 0 Å². The average Bonchev–Trinajstić information content (AvgIpc) is 2.94. The summed E-state index contributed by atoms with van der Waals surface area (Å²) in [6.07, 6.45) is 5.23. The quantitative estimate of drug-likeness (QED) is 0.0546. The third kappa shape index (κ3) is 26.2. The van der Waals surface area contributed by atoms with Crippen molar-refractivity contribution in [2.24, 2.45) is 0 Å². The molecule has 19 heteroatoms. The van der Waals surface area contributed by atoms with Crippen molar-refractivity contribution in [1.29, 1.82) is 0 Å². The highest BCUT2D eigenvalue weighted by molar-refractivity contribution is 7.47. The molecule has 0 aliphatic rings. The minimum Gasteiger partial charge on any atom is -0.353 e. The fourth-order valence-corrected chi connectivity index (χ4v) is 5.48. The van der Waals surface area contributed by atoms with Gasteiger partial charge in [-0.25, -0.2) is 13.7 Å². The largest absolute Gasteiger partial charge is 0.472 e. The van der Waals surface area contributed by atoms with Gasteiger partial charge in [-0.2, -0.15) is 0 Å². The number of rotatable bonds is 29. The summed E-state index contributed by atoms with van der Waals surface area (Å²) in [7, 11) is -11.7. The number of carbonyl (C=O) groups is 2. The Kier molecular flexibility index (Phi) is 24.1. The second-order valence-corrected chi connectivity index (χ2v) is 14.0. The number of hydrogen-bond acceptors (Lipinski definition) is 11. The Hall–Kier alpha value is -0.730. The van der Waals surface area contributed by atoms with Gasteiger partial charge < -0.3 is 25.3 Å². The van der Waals surface area contributed by atoms with Gasteiger partial charge in [0.1, 0.15) is 6.10 Å². The number of nitrogens with one attached hydrogen (secondary N) is 2. The van der Waals surface area contributed by atoms with Gasteiger partial charge in [-0.3, -0.25) is 36.7 Å². The van der Waals surface area contributed by atoms with Crippen LogP contribution in [0.1, 0.15) is 90.9 Å². The van der Waals surface area contributed by atoms with E-state index in [2.05, 4.69) is 15.2 Å². The summed E-state index contributed by atoms with van der Waals surface area (Å²) in [5.41, 5.74) is 0. The van der Waals surface area contributed by atoms with Crippen molar-refractivity contribution in [1.82, 2.24) is 10.6 Å². The Labute approximate surface area is 254 Å². The number of carbonyl (C=O) groups excluding carboxylic acids is 2. The Balaban J connectivity index is 4.35. The third-order valence-corrected chi connectivity index (χ3v) is 8.74. The van der Waals surface area contributed by atoms with Crippen LogP contribution in [0.2, 0.25) is 0 Å². The molecule has 0 aliphatic heterocycles. The summed E-state index contributed by atoms with van der Waals surface area (Å²) in [6.45, 7) is 3.66. The van der Waals surface area contributed by atoms with E-state index in [1.807, 2.05) is 13.8 Å². The predicted octanol–water partition coefficient (Wildman–Crippen LogP) is 4.34. The smallest absolute Gasteiger partial charge is 0.353 e. The molecule has 0 aromatic rings. The van der Waals surface area contributed by atoms with Crippen LogP contribution < -0.4 is 10.6 Å². The van der Waals surface area contributed by atoms with Gasteiger partial charge in [0.2, 0.25) is 11.8 Å². The van der Waals surface area contributed by atoms with Gasteiger partial charge in [0.05, 0.1) is 26.4 Å². The molecular weight excluding hydrogens is 633 g/mol. The predicted molar refractivity (Wildman–Crippen MR) is 158 cm³/mol. The summed E-state index contributed by atoms with van der Waals surface area (Å²) in [4.78, 5) is 53.3. The van der Waals surface area contributed by atoms with Gasteiger partial charge in [-0.05, 0) is 38.5 Å².